The summed E-state index contributed by atoms with van der Waals surface area (Å²) in [5.41, 5.74) is 0. The number of rotatable bonds is 13. The molecule has 0 bridgehead atoms. The minimum atomic E-state index is -0.561. The molecule has 1 N–H and O–H groups in total. The predicted octanol–water partition coefficient (Wildman–Crippen LogP) is 6.43. The van der Waals surface area contributed by atoms with E-state index >= 15 is 0 Å². The molecule has 0 saturated heterocycles. The zero-order valence-corrected chi connectivity index (χ0v) is 15.0. The minimum Gasteiger partial charge on any atom is -0.481 e. The Morgan fingerprint density at radius 2 is 1.68 bits per heavy atom. The van der Waals surface area contributed by atoms with Crippen molar-refractivity contribution in [1.82, 2.24) is 0 Å². The highest BCUT2D eigenvalue weighted by Gasteiger charge is 2.25. The number of carboxylic acids is 1. The van der Waals surface area contributed by atoms with Crippen LogP contribution < -0.4 is 0 Å². The summed E-state index contributed by atoms with van der Waals surface area (Å²) >= 11 is 0. The molecule has 1 rings (SSSR count). The van der Waals surface area contributed by atoms with E-state index in [2.05, 4.69) is 13.8 Å². The summed E-state index contributed by atoms with van der Waals surface area (Å²) in [6.45, 7) is 4.34. The average Bonchev–Trinajstić information content (AvgIpc) is 3.01. The molecule has 2 atom stereocenters. The Morgan fingerprint density at radius 1 is 1.00 bits per heavy atom. The third kappa shape index (κ3) is 7.65. The zero-order valence-electron chi connectivity index (χ0n) is 15.0. The summed E-state index contributed by atoms with van der Waals surface area (Å²) < 4.78 is 0. The van der Waals surface area contributed by atoms with Gasteiger partial charge in [-0.05, 0) is 24.7 Å². The maximum atomic E-state index is 11.6. The normalized spacial score (nSPS) is 18.5. The number of unbranched alkanes of at least 4 members (excludes halogenated alkanes) is 4. The van der Waals surface area contributed by atoms with Gasteiger partial charge in [-0.1, -0.05) is 90.9 Å². The Labute approximate surface area is 138 Å². The van der Waals surface area contributed by atoms with E-state index < -0.39 is 5.97 Å². The van der Waals surface area contributed by atoms with Gasteiger partial charge in [0.15, 0.2) is 0 Å². The molecule has 0 aliphatic heterocycles. The number of hydrogen-bond acceptors (Lipinski definition) is 1. The van der Waals surface area contributed by atoms with Gasteiger partial charge in [-0.3, -0.25) is 4.79 Å². The largest absolute Gasteiger partial charge is 0.481 e. The summed E-state index contributed by atoms with van der Waals surface area (Å²) in [5, 5.41) is 9.52. The Bertz CT molecular complexity index is 281. The highest BCUT2D eigenvalue weighted by Crippen LogP contribution is 2.31. The van der Waals surface area contributed by atoms with Gasteiger partial charge in [-0.15, -0.1) is 0 Å². The van der Waals surface area contributed by atoms with Gasteiger partial charge in [0.2, 0.25) is 0 Å². The molecule has 0 aromatic rings. The van der Waals surface area contributed by atoms with Gasteiger partial charge < -0.3 is 5.11 Å². The van der Waals surface area contributed by atoms with Crippen LogP contribution in [0.5, 0.6) is 0 Å². The van der Waals surface area contributed by atoms with Crippen molar-refractivity contribution in [2.45, 2.75) is 104 Å². The first kappa shape index (κ1) is 19.5. The van der Waals surface area contributed by atoms with E-state index in [0.717, 1.165) is 31.6 Å². The summed E-state index contributed by atoms with van der Waals surface area (Å²) in [7, 11) is 0. The van der Waals surface area contributed by atoms with Crippen molar-refractivity contribution >= 4 is 5.97 Å². The van der Waals surface area contributed by atoms with Crippen molar-refractivity contribution in [3.05, 3.63) is 0 Å². The molecule has 22 heavy (non-hydrogen) atoms. The van der Waals surface area contributed by atoms with E-state index in [-0.39, 0.29) is 5.92 Å². The number of carbonyl (C=O) groups is 1. The molecule has 1 fully saturated rings. The van der Waals surface area contributed by atoms with Gasteiger partial charge in [0.25, 0.3) is 0 Å². The summed E-state index contributed by atoms with van der Waals surface area (Å²) in [5.74, 6) is 0.726. The van der Waals surface area contributed by atoms with Crippen LogP contribution in [0, 0.1) is 17.8 Å². The molecule has 0 amide bonds. The first-order valence-electron chi connectivity index (χ1n) is 9.91. The Balaban J connectivity index is 2.20. The van der Waals surface area contributed by atoms with Gasteiger partial charge in [-0.25, -0.2) is 0 Å². The third-order valence-corrected chi connectivity index (χ3v) is 5.69. The van der Waals surface area contributed by atoms with E-state index in [1.54, 1.807) is 0 Å². The van der Waals surface area contributed by atoms with E-state index in [1.807, 2.05) is 0 Å². The molecule has 1 aliphatic carbocycles. The highest BCUT2D eigenvalue weighted by molar-refractivity contribution is 5.70. The molecule has 2 heteroatoms. The van der Waals surface area contributed by atoms with Crippen LogP contribution in [0.1, 0.15) is 104 Å². The smallest absolute Gasteiger partial charge is 0.306 e. The SMILES string of the molecule is CCCCCC(C(=O)O)C(CC)CCCCCC1CCCC1. The van der Waals surface area contributed by atoms with E-state index in [1.165, 1.54) is 64.2 Å². The minimum absolute atomic E-state index is 0.105. The molecule has 2 unspecified atom stereocenters. The Morgan fingerprint density at radius 3 is 2.27 bits per heavy atom. The average molecular weight is 311 g/mol. The number of carboxylic acid groups (broad SMARTS) is 1. The second kappa shape index (κ2) is 12.0. The lowest BCUT2D eigenvalue weighted by molar-refractivity contribution is -0.144. The van der Waals surface area contributed by atoms with Gasteiger partial charge in [0, 0.05) is 0 Å². The fourth-order valence-electron chi connectivity index (χ4n) is 4.18. The van der Waals surface area contributed by atoms with Crippen LogP contribution in [0.2, 0.25) is 0 Å². The molecular weight excluding hydrogens is 272 g/mol. The maximum Gasteiger partial charge on any atom is 0.306 e. The van der Waals surface area contributed by atoms with Crippen LogP contribution in [0.15, 0.2) is 0 Å². The Kier molecular flexibility index (Phi) is 10.6. The standard InChI is InChI=1S/C20H38O2/c1-3-5-7-16-19(20(21)22)18(4-2)15-9-6-8-12-17-13-10-11-14-17/h17-19H,3-16H2,1-2H3,(H,21,22). The second-order valence-electron chi connectivity index (χ2n) is 7.40. The van der Waals surface area contributed by atoms with Gasteiger partial charge in [0.05, 0.1) is 5.92 Å². The Hall–Kier alpha value is -0.530. The first-order chi connectivity index (χ1) is 10.7. The van der Waals surface area contributed by atoms with Crippen LogP contribution in [0.3, 0.4) is 0 Å². The fraction of sp³-hybridized carbons (Fsp3) is 0.950. The molecule has 0 aromatic carbocycles. The number of hydrogen-bond donors (Lipinski definition) is 1. The van der Waals surface area contributed by atoms with Crippen LogP contribution in [0.25, 0.3) is 0 Å². The molecular formula is C20H38O2. The van der Waals surface area contributed by atoms with Crippen LogP contribution in [-0.2, 0) is 4.79 Å². The van der Waals surface area contributed by atoms with Crippen molar-refractivity contribution in [2.24, 2.45) is 17.8 Å². The molecule has 2 nitrogen and oxygen atoms in total. The third-order valence-electron chi connectivity index (χ3n) is 5.69. The predicted molar refractivity (Wildman–Crippen MR) is 94.1 cm³/mol. The molecule has 1 saturated carbocycles. The van der Waals surface area contributed by atoms with Crippen LogP contribution in [-0.4, -0.2) is 11.1 Å². The zero-order chi connectivity index (χ0) is 16.2. The number of aliphatic carboxylic acids is 1. The molecule has 1 aliphatic rings. The van der Waals surface area contributed by atoms with Gasteiger partial charge in [0.1, 0.15) is 0 Å². The summed E-state index contributed by atoms with van der Waals surface area (Å²) in [4.78, 5) is 11.6. The molecule has 130 valence electrons. The molecule has 0 radical (unpaired) electrons. The summed E-state index contributed by atoms with van der Waals surface area (Å²) in [6, 6.07) is 0. The van der Waals surface area contributed by atoms with Gasteiger partial charge in [-0.2, -0.15) is 0 Å². The fourth-order valence-corrected chi connectivity index (χ4v) is 4.18. The quantitative estimate of drug-likeness (QED) is 0.398. The second-order valence-corrected chi connectivity index (χ2v) is 7.40. The van der Waals surface area contributed by atoms with Crippen LogP contribution in [0.4, 0.5) is 0 Å². The molecule has 0 aromatic heterocycles. The lowest BCUT2D eigenvalue weighted by atomic mass is 9.82. The van der Waals surface area contributed by atoms with E-state index in [9.17, 15) is 9.90 Å². The monoisotopic (exact) mass is 310 g/mol. The maximum absolute atomic E-state index is 11.6. The van der Waals surface area contributed by atoms with E-state index in [0.29, 0.717) is 5.92 Å². The van der Waals surface area contributed by atoms with E-state index in [4.69, 9.17) is 0 Å². The molecule has 0 spiro atoms. The van der Waals surface area contributed by atoms with Crippen molar-refractivity contribution in [3.63, 3.8) is 0 Å². The highest BCUT2D eigenvalue weighted by atomic mass is 16.4. The van der Waals surface area contributed by atoms with Gasteiger partial charge >= 0.3 is 5.97 Å². The van der Waals surface area contributed by atoms with Crippen molar-refractivity contribution in [3.8, 4) is 0 Å². The van der Waals surface area contributed by atoms with Crippen molar-refractivity contribution < 1.29 is 9.90 Å². The molecule has 0 heterocycles. The lowest BCUT2D eigenvalue weighted by Gasteiger charge is -2.23. The van der Waals surface area contributed by atoms with Crippen molar-refractivity contribution in [1.29, 1.82) is 0 Å². The first-order valence-corrected chi connectivity index (χ1v) is 9.91. The lowest BCUT2D eigenvalue weighted by Crippen LogP contribution is -2.23. The van der Waals surface area contributed by atoms with Crippen LogP contribution >= 0.6 is 0 Å². The summed E-state index contributed by atoms with van der Waals surface area (Å²) in [6.07, 6.45) is 17.5. The van der Waals surface area contributed by atoms with Crippen molar-refractivity contribution in [2.75, 3.05) is 0 Å². The topological polar surface area (TPSA) is 37.3 Å².